The number of nitrogens with one attached hydrogen (secondary N) is 2. The van der Waals surface area contributed by atoms with Crippen LogP contribution in [0, 0.1) is 6.92 Å². The third-order valence-electron chi connectivity index (χ3n) is 6.57. The average Bonchev–Trinajstić information content (AvgIpc) is 3.42. The number of hydrazone groups is 1. The Morgan fingerprint density at radius 3 is 2.64 bits per heavy atom. The standard InChI is InChI=1S/C33H30BrClN6O2S/c1-22-17-27(35)15-16-29(22)36-20-31-38-40-33(41(31)28-12-4-3-5-13-28)44-23(2)32(42)39-37-19-25-10-6-7-14-30(25)43-21-24-9-8-11-26(34)18-24/h3-19,23,36H,20-21H2,1-2H3,(H,39,42)/t23-/m0/s1. The summed E-state index contributed by atoms with van der Waals surface area (Å²) >= 11 is 10.9. The number of nitrogens with zero attached hydrogens (tertiary/aromatic N) is 4. The average molecular weight is 690 g/mol. The molecular weight excluding hydrogens is 660 g/mol. The number of thioether (sulfide) groups is 1. The summed E-state index contributed by atoms with van der Waals surface area (Å²) in [6, 6.07) is 31.0. The van der Waals surface area contributed by atoms with Crippen molar-refractivity contribution in [2.45, 2.75) is 37.4 Å². The van der Waals surface area contributed by atoms with E-state index in [9.17, 15) is 4.79 Å². The van der Waals surface area contributed by atoms with E-state index in [2.05, 4.69) is 42.0 Å². The molecule has 0 aliphatic heterocycles. The molecule has 1 atom stereocenters. The summed E-state index contributed by atoms with van der Waals surface area (Å²) in [6.07, 6.45) is 1.58. The molecule has 0 saturated heterocycles. The molecule has 0 spiro atoms. The zero-order valence-electron chi connectivity index (χ0n) is 24.1. The first-order chi connectivity index (χ1) is 21.4. The summed E-state index contributed by atoms with van der Waals surface area (Å²) in [5, 5.41) is 17.3. The molecule has 0 unspecified atom stereocenters. The lowest BCUT2D eigenvalue weighted by atomic mass is 10.2. The van der Waals surface area contributed by atoms with Crippen LogP contribution in [-0.2, 0) is 17.9 Å². The highest BCUT2D eigenvalue weighted by Gasteiger charge is 2.21. The number of carbonyl (C=O) groups is 1. The minimum Gasteiger partial charge on any atom is -0.488 e. The molecule has 11 heteroatoms. The Bertz CT molecular complexity index is 1760. The number of carbonyl (C=O) groups excluding carboxylic acids is 1. The number of ether oxygens (including phenoxy) is 1. The van der Waals surface area contributed by atoms with Gasteiger partial charge in [0, 0.05) is 26.4 Å². The molecule has 1 amide bonds. The molecule has 0 bridgehead atoms. The topological polar surface area (TPSA) is 93.4 Å². The van der Waals surface area contributed by atoms with E-state index >= 15 is 0 Å². The number of rotatable bonds is 12. The van der Waals surface area contributed by atoms with Gasteiger partial charge in [-0.3, -0.25) is 9.36 Å². The van der Waals surface area contributed by atoms with Crippen molar-refractivity contribution in [2.75, 3.05) is 5.32 Å². The van der Waals surface area contributed by atoms with Crippen LogP contribution in [0.1, 0.15) is 29.4 Å². The van der Waals surface area contributed by atoms with Crippen LogP contribution in [0.4, 0.5) is 5.69 Å². The number of benzene rings is 4. The van der Waals surface area contributed by atoms with Crippen LogP contribution in [0.25, 0.3) is 5.69 Å². The van der Waals surface area contributed by atoms with Gasteiger partial charge >= 0.3 is 0 Å². The molecule has 8 nitrogen and oxygen atoms in total. The van der Waals surface area contributed by atoms with Gasteiger partial charge in [0.05, 0.1) is 18.0 Å². The number of halogens is 2. The summed E-state index contributed by atoms with van der Waals surface area (Å²) in [6.45, 7) is 4.64. The molecule has 0 saturated carbocycles. The van der Waals surface area contributed by atoms with E-state index in [4.69, 9.17) is 16.3 Å². The van der Waals surface area contributed by atoms with Crippen LogP contribution in [0.3, 0.4) is 0 Å². The molecular formula is C33H30BrClN6O2S. The van der Waals surface area contributed by atoms with Crippen molar-refractivity contribution >= 4 is 57.1 Å². The van der Waals surface area contributed by atoms with E-state index in [0.717, 1.165) is 32.5 Å². The van der Waals surface area contributed by atoms with Crippen LogP contribution in [0.15, 0.2) is 112 Å². The number of aryl methyl sites for hydroxylation is 1. The lowest BCUT2D eigenvalue weighted by Gasteiger charge is -2.14. The van der Waals surface area contributed by atoms with Gasteiger partial charge in [-0.15, -0.1) is 10.2 Å². The number of hydrogen-bond acceptors (Lipinski definition) is 7. The Hall–Kier alpha value is -4.12. The molecule has 224 valence electrons. The van der Waals surface area contributed by atoms with E-state index in [0.29, 0.717) is 34.9 Å². The van der Waals surface area contributed by atoms with Gasteiger partial charge in [0.1, 0.15) is 12.4 Å². The molecule has 4 aromatic carbocycles. The maximum Gasteiger partial charge on any atom is 0.253 e. The fourth-order valence-corrected chi connectivity index (χ4v) is 5.86. The van der Waals surface area contributed by atoms with Crippen LogP contribution >= 0.6 is 39.3 Å². The zero-order chi connectivity index (χ0) is 30.9. The monoisotopic (exact) mass is 688 g/mol. The van der Waals surface area contributed by atoms with E-state index in [1.54, 1.807) is 6.21 Å². The summed E-state index contributed by atoms with van der Waals surface area (Å²) in [5.41, 5.74) is 7.32. The first-order valence-electron chi connectivity index (χ1n) is 13.8. The molecule has 0 fully saturated rings. The molecule has 2 N–H and O–H groups in total. The predicted octanol–water partition coefficient (Wildman–Crippen LogP) is 7.81. The number of aromatic nitrogens is 3. The van der Waals surface area contributed by atoms with E-state index in [1.165, 1.54) is 11.8 Å². The van der Waals surface area contributed by atoms with Gasteiger partial charge in [-0.1, -0.05) is 81.8 Å². The van der Waals surface area contributed by atoms with Crippen molar-refractivity contribution < 1.29 is 9.53 Å². The predicted molar refractivity (Wildman–Crippen MR) is 181 cm³/mol. The molecule has 5 aromatic rings. The van der Waals surface area contributed by atoms with Crippen molar-refractivity contribution in [3.05, 3.63) is 129 Å². The molecule has 44 heavy (non-hydrogen) atoms. The van der Waals surface area contributed by atoms with E-state index in [-0.39, 0.29) is 5.91 Å². The van der Waals surface area contributed by atoms with Gasteiger partial charge in [-0.25, -0.2) is 5.43 Å². The van der Waals surface area contributed by atoms with Crippen molar-refractivity contribution in [3.8, 4) is 11.4 Å². The first-order valence-corrected chi connectivity index (χ1v) is 15.9. The summed E-state index contributed by atoms with van der Waals surface area (Å²) < 4.78 is 8.97. The van der Waals surface area contributed by atoms with Crippen LogP contribution in [-0.4, -0.2) is 32.1 Å². The minimum atomic E-state index is -0.499. The largest absolute Gasteiger partial charge is 0.488 e. The maximum atomic E-state index is 13.0. The summed E-state index contributed by atoms with van der Waals surface area (Å²) in [5.74, 6) is 1.11. The van der Waals surface area contributed by atoms with Crippen molar-refractivity contribution in [2.24, 2.45) is 5.10 Å². The van der Waals surface area contributed by atoms with Crippen molar-refractivity contribution in [1.29, 1.82) is 0 Å². The molecule has 0 aliphatic carbocycles. The van der Waals surface area contributed by atoms with Crippen molar-refractivity contribution in [1.82, 2.24) is 20.2 Å². The quantitative estimate of drug-likeness (QED) is 0.0789. The molecule has 1 aromatic heterocycles. The van der Waals surface area contributed by atoms with Gasteiger partial charge in [0.15, 0.2) is 11.0 Å². The minimum absolute atomic E-state index is 0.266. The Balaban J connectivity index is 1.24. The summed E-state index contributed by atoms with van der Waals surface area (Å²) in [4.78, 5) is 13.0. The number of para-hydroxylation sites is 2. The highest BCUT2D eigenvalue weighted by Crippen LogP contribution is 2.27. The highest BCUT2D eigenvalue weighted by molar-refractivity contribution is 9.10. The number of amides is 1. The van der Waals surface area contributed by atoms with Gasteiger partial charge in [-0.05, 0) is 79.6 Å². The van der Waals surface area contributed by atoms with Gasteiger partial charge in [-0.2, -0.15) is 5.10 Å². The van der Waals surface area contributed by atoms with Crippen LogP contribution in [0.5, 0.6) is 5.75 Å². The normalized spacial score (nSPS) is 11.8. The Morgan fingerprint density at radius 1 is 1.05 bits per heavy atom. The third-order valence-corrected chi connectivity index (χ3v) is 8.34. The second kappa shape index (κ2) is 15.1. The second-order valence-electron chi connectivity index (χ2n) is 9.83. The van der Waals surface area contributed by atoms with Gasteiger partial charge < -0.3 is 10.1 Å². The molecule has 0 aliphatic rings. The fourth-order valence-electron chi connectivity index (χ4n) is 4.30. The van der Waals surface area contributed by atoms with Gasteiger partial charge in [0.25, 0.3) is 5.91 Å². The van der Waals surface area contributed by atoms with E-state index in [1.807, 2.05) is 115 Å². The van der Waals surface area contributed by atoms with Crippen LogP contribution < -0.4 is 15.5 Å². The number of anilines is 1. The Morgan fingerprint density at radius 2 is 1.84 bits per heavy atom. The fraction of sp³-hybridized carbons (Fsp3) is 0.152. The second-order valence-corrected chi connectivity index (χ2v) is 12.5. The Labute approximate surface area is 274 Å². The molecule has 5 rings (SSSR count). The SMILES string of the molecule is Cc1cc(Cl)ccc1NCc1nnc(S[C@@H](C)C(=O)NN=Cc2ccccc2OCc2cccc(Br)c2)n1-c1ccccc1. The lowest BCUT2D eigenvalue weighted by molar-refractivity contribution is -0.120. The smallest absolute Gasteiger partial charge is 0.253 e. The third kappa shape index (κ3) is 8.28. The molecule has 0 radical (unpaired) electrons. The lowest BCUT2D eigenvalue weighted by Crippen LogP contribution is -2.27. The first kappa shape index (κ1) is 31.3. The highest BCUT2D eigenvalue weighted by atomic mass is 79.9. The summed E-state index contributed by atoms with van der Waals surface area (Å²) in [7, 11) is 0. The zero-order valence-corrected chi connectivity index (χ0v) is 27.2. The van der Waals surface area contributed by atoms with Crippen LogP contribution in [0.2, 0.25) is 5.02 Å². The van der Waals surface area contributed by atoms with Gasteiger partial charge in [0.2, 0.25) is 0 Å². The van der Waals surface area contributed by atoms with E-state index < -0.39 is 5.25 Å². The van der Waals surface area contributed by atoms with Crippen molar-refractivity contribution in [3.63, 3.8) is 0 Å². The molecule has 1 heterocycles. The Kier molecular flexibility index (Phi) is 10.7. The number of hydrogen-bond donors (Lipinski definition) is 2. The maximum absolute atomic E-state index is 13.0.